The van der Waals surface area contributed by atoms with Gasteiger partial charge in [0.05, 0.1) is 0 Å². The summed E-state index contributed by atoms with van der Waals surface area (Å²) in [6.07, 6.45) is 0. The topological polar surface area (TPSA) is 0 Å². The fourth-order valence-electron chi connectivity index (χ4n) is 0. The predicted molar refractivity (Wildman–Crippen MR) is 0 cm³/mol. The Morgan fingerprint density at radius 2 is 0.750 bits per heavy atom. The van der Waals surface area contributed by atoms with Crippen molar-refractivity contribution < 1.29 is 82.3 Å². The molecule has 0 bridgehead atoms. The fraction of sp³-hybridized carbons (Fsp3) is 0. The van der Waals surface area contributed by atoms with Gasteiger partial charge in [0.1, 0.15) is 0 Å². The molecule has 0 amide bonds. The zero-order valence-electron chi connectivity index (χ0n) is 1.62. The summed E-state index contributed by atoms with van der Waals surface area (Å²) in [4.78, 5) is 0. The fourth-order valence-corrected chi connectivity index (χ4v) is 0. The van der Waals surface area contributed by atoms with Crippen LogP contribution in [-0.4, -0.2) is 0 Å². The zero-order valence-corrected chi connectivity index (χ0v) is 7.21. The predicted octanol–water partition coefficient (Wildman–Crippen LogP) is -0.0100. The largest absolute Gasteiger partial charge is 0 e. The van der Waals surface area contributed by atoms with Gasteiger partial charge in [-0.2, -0.15) is 0 Å². The van der Waals surface area contributed by atoms with E-state index in [0.29, 0.717) is 0 Å². The summed E-state index contributed by atoms with van der Waals surface area (Å²) >= 11 is 0. The van der Waals surface area contributed by atoms with Crippen LogP contribution in [0.4, 0.5) is 0 Å². The molecule has 1 radical (unpaired) electrons. The molecular weight excluding hydrogens is 262 g/mol. The molecule has 0 heterocycles. The monoisotopic (exact) mass is 261 g/mol. The molecule has 0 aromatic heterocycles. The third-order valence-corrected chi connectivity index (χ3v) is 0. The molecule has 0 nitrogen and oxygen atoms in total. The van der Waals surface area contributed by atoms with Crippen LogP contribution >= 0.6 is 0 Å². The van der Waals surface area contributed by atoms with Gasteiger partial charge in [-0.3, -0.25) is 0 Å². The number of hydrogen-bond acceptors (Lipinski definition) is 0. The van der Waals surface area contributed by atoms with Gasteiger partial charge in [0, 0.05) is 82.3 Å². The summed E-state index contributed by atoms with van der Waals surface area (Å²) in [7, 11) is 0. The molecule has 0 aliphatic heterocycles. The molecule has 0 fully saturated rings. The number of rotatable bonds is 0. The molecule has 0 N–H and O–H groups in total. The van der Waals surface area contributed by atoms with Crippen molar-refractivity contribution in [2.24, 2.45) is 0 Å². The first kappa shape index (κ1) is 30.1. The normalized spacial score (nSPS) is 0. The van der Waals surface area contributed by atoms with Crippen molar-refractivity contribution in [3.8, 4) is 0 Å². The number of hydrogen-bond donors (Lipinski definition) is 0. The maximum atomic E-state index is 0. The molecule has 0 spiro atoms. The van der Waals surface area contributed by atoms with Crippen molar-refractivity contribution in [3.63, 3.8) is 0 Å². The maximum absolute atomic E-state index is 0. The van der Waals surface area contributed by atoms with Crippen molar-refractivity contribution in [3.05, 3.63) is 0 Å². The summed E-state index contributed by atoms with van der Waals surface area (Å²) in [5, 5.41) is 0. The smallest absolute Gasteiger partial charge is 0 e. The van der Waals surface area contributed by atoms with Gasteiger partial charge in [0.2, 0.25) is 0 Å². The van der Waals surface area contributed by atoms with Gasteiger partial charge in [-0.25, -0.2) is 0 Å². The van der Waals surface area contributed by atoms with Gasteiger partial charge in [-0.05, 0) is 0 Å². The van der Waals surface area contributed by atoms with Gasteiger partial charge in [0.25, 0.3) is 0 Å². The van der Waals surface area contributed by atoms with Crippen molar-refractivity contribution in [2.45, 2.75) is 0 Å². The second-order valence-electron chi connectivity index (χ2n) is 0. The second-order valence-corrected chi connectivity index (χ2v) is 0. The summed E-state index contributed by atoms with van der Waals surface area (Å²) in [5.41, 5.74) is 0. The molecule has 0 unspecified atom stereocenters. The Morgan fingerprint density at radius 1 is 0.750 bits per heavy atom. The van der Waals surface area contributed by atoms with Crippen LogP contribution in [0.3, 0.4) is 0 Å². The van der Waals surface area contributed by atoms with Crippen LogP contribution < -0.4 is 0 Å². The van der Waals surface area contributed by atoms with Gasteiger partial charge < -0.3 is 0 Å². The van der Waals surface area contributed by atoms with Gasteiger partial charge in [-0.15, -0.1) is 0 Å². The van der Waals surface area contributed by atoms with Gasteiger partial charge >= 0.3 is 0 Å². The molecular formula is AgNiTi2. The molecule has 4 heteroatoms. The SMILES string of the molecule is [Ag].[Ni].[Ti].[Ti]. The molecule has 0 aliphatic carbocycles. The third-order valence-electron chi connectivity index (χ3n) is 0. The van der Waals surface area contributed by atoms with Crippen LogP contribution in [0.1, 0.15) is 0 Å². The molecule has 0 aromatic rings. The van der Waals surface area contributed by atoms with E-state index in [4.69, 9.17) is 0 Å². The van der Waals surface area contributed by atoms with Crippen LogP contribution in [0.15, 0.2) is 0 Å². The van der Waals surface area contributed by atoms with E-state index < -0.39 is 0 Å². The first-order valence-corrected chi connectivity index (χ1v) is 0. The van der Waals surface area contributed by atoms with E-state index in [1.54, 1.807) is 0 Å². The molecule has 0 aromatic carbocycles. The average Bonchev–Trinajstić information content (AvgIpc) is 0. The van der Waals surface area contributed by atoms with Gasteiger partial charge in [0.15, 0.2) is 0 Å². The van der Waals surface area contributed by atoms with E-state index in [0.717, 1.165) is 0 Å². The van der Waals surface area contributed by atoms with Crippen LogP contribution in [0.25, 0.3) is 0 Å². The Bertz CT molecular complexity index is 6.00. The standard InChI is InChI=1S/Ag.Ni.2Ti. The minimum absolute atomic E-state index is 0. The summed E-state index contributed by atoms with van der Waals surface area (Å²) < 4.78 is 0. The molecule has 0 rings (SSSR count). The zero-order chi connectivity index (χ0) is 0. The average molecular weight is 262 g/mol. The first-order chi connectivity index (χ1) is 0. The van der Waals surface area contributed by atoms with E-state index in [-0.39, 0.29) is 82.3 Å². The Labute approximate surface area is 81.1 Å². The van der Waals surface area contributed by atoms with E-state index in [1.165, 1.54) is 0 Å². The van der Waals surface area contributed by atoms with Crippen molar-refractivity contribution in [1.82, 2.24) is 0 Å². The summed E-state index contributed by atoms with van der Waals surface area (Å²) in [6, 6.07) is 0. The van der Waals surface area contributed by atoms with Crippen molar-refractivity contribution in [2.75, 3.05) is 0 Å². The molecule has 0 atom stereocenters. The van der Waals surface area contributed by atoms with E-state index in [2.05, 4.69) is 0 Å². The quantitative estimate of drug-likeness (QED) is 0.539. The molecule has 0 saturated carbocycles. The Balaban J connectivity index is 0. The Hall–Kier alpha value is 2.66. The molecule has 29 valence electrons. The molecule has 0 aliphatic rings. The second kappa shape index (κ2) is 17.4. The van der Waals surface area contributed by atoms with E-state index in [9.17, 15) is 0 Å². The summed E-state index contributed by atoms with van der Waals surface area (Å²) in [5.74, 6) is 0. The van der Waals surface area contributed by atoms with E-state index in [1.807, 2.05) is 0 Å². The Morgan fingerprint density at radius 3 is 0.750 bits per heavy atom. The van der Waals surface area contributed by atoms with Gasteiger partial charge in [-0.1, -0.05) is 0 Å². The summed E-state index contributed by atoms with van der Waals surface area (Å²) in [6.45, 7) is 0. The van der Waals surface area contributed by atoms with Crippen LogP contribution in [0, 0.1) is 0 Å². The maximum Gasteiger partial charge on any atom is 0 e. The van der Waals surface area contributed by atoms with Crippen LogP contribution in [0.2, 0.25) is 0 Å². The minimum Gasteiger partial charge on any atom is 0 e. The van der Waals surface area contributed by atoms with Crippen molar-refractivity contribution in [1.29, 1.82) is 0 Å². The third kappa shape index (κ3) is 8.82. The molecule has 0 saturated heterocycles. The van der Waals surface area contributed by atoms with Crippen molar-refractivity contribution >= 4 is 0 Å². The minimum atomic E-state index is 0. The van der Waals surface area contributed by atoms with Crippen LogP contribution in [0.5, 0.6) is 0 Å². The van der Waals surface area contributed by atoms with Crippen LogP contribution in [-0.2, 0) is 82.3 Å². The Kier molecular flexibility index (Phi) is 131. The van der Waals surface area contributed by atoms with E-state index >= 15 is 0 Å². The molecule has 4 heavy (non-hydrogen) atoms. The first-order valence-electron chi connectivity index (χ1n) is 0.